The molecular formula is C23H19FN2O5S2. The summed E-state index contributed by atoms with van der Waals surface area (Å²) in [7, 11) is -2.77. The third kappa shape index (κ3) is 4.82. The van der Waals surface area contributed by atoms with Gasteiger partial charge in [0.15, 0.2) is 0 Å². The molecule has 0 aliphatic heterocycles. The number of hydrogen-bond donors (Lipinski definition) is 2. The molecule has 0 aliphatic carbocycles. The number of carbonyl (C=O) groups is 1. The lowest BCUT2D eigenvalue weighted by molar-refractivity contribution is 0.102. The lowest BCUT2D eigenvalue weighted by Crippen LogP contribution is -2.16. The van der Waals surface area contributed by atoms with E-state index in [0.717, 1.165) is 11.3 Å². The van der Waals surface area contributed by atoms with Crippen molar-refractivity contribution < 1.29 is 27.1 Å². The fourth-order valence-corrected chi connectivity index (χ4v) is 5.17. The number of nitrogens with two attached hydrogens (primary N) is 1. The van der Waals surface area contributed by atoms with Gasteiger partial charge in [-0.15, -0.1) is 11.3 Å². The Kier molecular flexibility index (Phi) is 6.32. The van der Waals surface area contributed by atoms with E-state index in [-0.39, 0.29) is 27.8 Å². The lowest BCUT2D eigenvalue weighted by atomic mass is 10.1. The fourth-order valence-electron chi connectivity index (χ4n) is 3.33. The molecule has 1 heterocycles. The van der Waals surface area contributed by atoms with Gasteiger partial charge in [0.1, 0.15) is 33.7 Å². The minimum atomic E-state index is -4.09. The Hall–Kier alpha value is -3.47. The number of sulfonamides is 1. The van der Waals surface area contributed by atoms with Gasteiger partial charge in [0.05, 0.1) is 7.11 Å². The molecule has 0 saturated carbocycles. The van der Waals surface area contributed by atoms with Crippen LogP contribution in [0.5, 0.6) is 11.5 Å². The number of rotatable bonds is 7. The molecule has 170 valence electrons. The number of fused-ring (bicyclic) bond motifs is 1. The van der Waals surface area contributed by atoms with Gasteiger partial charge in [-0.05, 0) is 42.5 Å². The van der Waals surface area contributed by atoms with Gasteiger partial charge >= 0.3 is 0 Å². The van der Waals surface area contributed by atoms with Gasteiger partial charge in [-0.1, -0.05) is 24.3 Å². The van der Waals surface area contributed by atoms with Crippen molar-refractivity contribution in [1.82, 2.24) is 0 Å². The van der Waals surface area contributed by atoms with Gasteiger partial charge in [-0.3, -0.25) is 4.79 Å². The smallest absolute Gasteiger partial charge is 0.266 e. The summed E-state index contributed by atoms with van der Waals surface area (Å²) in [4.78, 5) is 13.1. The predicted molar refractivity (Wildman–Crippen MR) is 125 cm³/mol. The van der Waals surface area contributed by atoms with E-state index >= 15 is 0 Å². The second-order valence-electron chi connectivity index (χ2n) is 6.99. The Bertz CT molecular complexity index is 1440. The van der Waals surface area contributed by atoms with Crippen molar-refractivity contribution in [2.75, 3.05) is 12.4 Å². The molecule has 0 saturated heterocycles. The quantitative estimate of drug-likeness (QED) is 0.399. The molecule has 10 heteroatoms. The summed E-state index contributed by atoms with van der Waals surface area (Å²) < 4.78 is 49.8. The number of amides is 1. The summed E-state index contributed by atoms with van der Waals surface area (Å²) in [5, 5.41) is 8.22. The number of methoxy groups -OCH3 is 1. The highest BCUT2D eigenvalue weighted by molar-refractivity contribution is 7.89. The van der Waals surface area contributed by atoms with E-state index in [1.165, 1.54) is 31.4 Å². The van der Waals surface area contributed by atoms with E-state index in [2.05, 4.69) is 5.32 Å². The summed E-state index contributed by atoms with van der Waals surface area (Å²) in [5.74, 6) is -0.368. The molecule has 0 unspecified atom stereocenters. The molecule has 7 nitrogen and oxygen atoms in total. The van der Waals surface area contributed by atoms with Crippen molar-refractivity contribution in [3.05, 3.63) is 83.0 Å². The largest absolute Gasteiger partial charge is 0.495 e. The Morgan fingerprint density at radius 2 is 1.85 bits per heavy atom. The predicted octanol–water partition coefficient (Wildman–Crippen LogP) is 4.53. The first-order valence-corrected chi connectivity index (χ1v) is 12.0. The van der Waals surface area contributed by atoms with Crippen LogP contribution in [-0.4, -0.2) is 21.4 Å². The highest BCUT2D eigenvalue weighted by Gasteiger charge is 2.23. The van der Waals surface area contributed by atoms with E-state index in [9.17, 15) is 17.6 Å². The van der Waals surface area contributed by atoms with E-state index in [1.807, 2.05) is 18.2 Å². The summed E-state index contributed by atoms with van der Waals surface area (Å²) in [6.45, 7) is -0.0290. The highest BCUT2D eigenvalue weighted by atomic mass is 32.2. The number of thiophene rings is 1. The number of primary sulfonamides is 1. The average molecular weight is 487 g/mol. The van der Waals surface area contributed by atoms with Crippen LogP contribution >= 0.6 is 11.3 Å². The number of ether oxygens (including phenoxy) is 2. The minimum absolute atomic E-state index is 0.0290. The zero-order valence-electron chi connectivity index (χ0n) is 17.4. The van der Waals surface area contributed by atoms with Crippen LogP contribution in [-0.2, 0) is 16.6 Å². The van der Waals surface area contributed by atoms with Crippen LogP contribution in [0.15, 0.2) is 71.6 Å². The third-order valence-corrected chi connectivity index (χ3v) is 6.95. The molecule has 3 N–H and O–H groups in total. The van der Waals surface area contributed by atoms with E-state index < -0.39 is 21.7 Å². The Balaban J connectivity index is 1.70. The third-order valence-electron chi connectivity index (χ3n) is 4.82. The van der Waals surface area contributed by atoms with Crippen molar-refractivity contribution in [2.45, 2.75) is 11.5 Å². The lowest BCUT2D eigenvalue weighted by Gasteiger charge is -2.11. The zero-order chi connectivity index (χ0) is 23.6. The first kappa shape index (κ1) is 22.7. The van der Waals surface area contributed by atoms with Crippen molar-refractivity contribution in [1.29, 1.82) is 0 Å². The van der Waals surface area contributed by atoms with Crippen LogP contribution in [0.4, 0.5) is 10.1 Å². The fraction of sp³-hybridized carbons (Fsp3) is 0.0870. The van der Waals surface area contributed by atoms with E-state index in [1.54, 1.807) is 24.3 Å². The van der Waals surface area contributed by atoms with Crippen LogP contribution in [0.2, 0.25) is 0 Å². The molecule has 0 atom stereocenters. The Morgan fingerprint density at radius 1 is 1.09 bits per heavy atom. The zero-order valence-corrected chi connectivity index (χ0v) is 19.0. The molecule has 4 aromatic rings. The van der Waals surface area contributed by atoms with Crippen LogP contribution in [0, 0.1) is 5.82 Å². The van der Waals surface area contributed by atoms with E-state index in [0.29, 0.717) is 21.4 Å². The first-order chi connectivity index (χ1) is 15.8. The van der Waals surface area contributed by atoms with Crippen LogP contribution < -0.4 is 19.9 Å². The van der Waals surface area contributed by atoms with Gasteiger partial charge < -0.3 is 14.8 Å². The molecule has 0 radical (unpaired) electrons. The summed E-state index contributed by atoms with van der Waals surface area (Å²) in [6.07, 6.45) is 0. The second-order valence-corrected chi connectivity index (χ2v) is 9.57. The van der Waals surface area contributed by atoms with Gasteiger partial charge in [0.25, 0.3) is 5.91 Å². The molecular weight excluding hydrogens is 467 g/mol. The number of hydrogen-bond acceptors (Lipinski definition) is 6. The van der Waals surface area contributed by atoms with Crippen molar-refractivity contribution in [3.63, 3.8) is 0 Å². The van der Waals surface area contributed by atoms with Crippen molar-refractivity contribution >= 4 is 43.0 Å². The minimum Gasteiger partial charge on any atom is -0.495 e. The molecule has 0 bridgehead atoms. The number of para-hydroxylation sites is 1. The molecule has 33 heavy (non-hydrogen) atoms. The summed E-state index contributed by atoms with van der Waals surface area (Å²) in [6, 6.07) is 17.7. The van der Waals surface area contributed by atoms with Crippen LogP contribution in [0.25, 0.3) is 10.1 Å². The summed E-state index contributed by atoms with van der Waals surface area (Å²) in [5.41, 5.74) is 0.590. The van der Waals surface area contributed by atoms with Crippen molar-refractivity contribution in [2.24, 2.45) is 5.14 Å². The number of halogens is 1. The molecule has 1 aromatic heterocycles. The van der Waals surface area contributed by atoms with Crippen LogP contribution in [0.1, 0.15) is 15.2 Å². The number of nitrogens with one attached hydrogen (secondary N) is 1. The standard InChI is InChI=1S/C23H19FN2O5S2/c1-30-18-11-10-14(12-20(18)33(25,28)29)26-23(27)22-16(13-31-15-6-3-2-4-7-15)21-17(24)8-5-9-19(21)32-22/h2-12H,13H2,1H3,(H,26,27)(H2,25,28,29). The van der Waals surface area contributed by atoms with Crippen LogP contribution in [0.3, 0.4) is 0 Å². The normalized spacial score (nSPS) is 11.4. The van der Waals surface area contributed by atoms with Gasteiger partial charge in [-0.25, -0.2) is 17.9 Å². The SMILES string of the molecule is COc1ccc(NC(=O)c2sc3cccc(F)c3c2COc2ccccc2)cc1S(N)(=O)=O. The first-order valence-electron chi connectivity index (χ1n) is 9.68. The number of anilines is 1. The second kappa shape index (κ2) is 9.18. The Labute approximate surface area is 193 Å². The molecule has 0 aliphatic rings. The molecule has 0 spiro atoms. The number of benzene rings is 3. The molecule has 0 fully saturated rings. The van der Waals surface area contributed by atoms with Gasteiger partial charge in [-0.2, -0.15) is 0 Å². The maximum absolute atomic E-state index is 14.7. The van der Waals surface area contributed by atoms with Gasteiger partial charge in [0, 0.05) is 21.3 Å². The van der Waals surface area contributed by atoms with Crippen molar-refractivity contribution in [3.8, 4) is 11.5 Å². The van der Waals surface area contributed by atoms with E-state index in [4.69, 9.17) is 14.6 Å². The Morgan fingerprint density at radius 3 is 2.55 bits per heavy atom. The molecule has 3 aromatic carbocycles. The average Bonchev–Trinajstić information content (AvgIpc) is 3.18. The maximum Gasteiger partial charge on any atom is 0.266 e. The monoisotopic (exact) mass is 486 g/mol. The maximum atomic E-state index is 14.7. The summed E-state index contributed by atoms with van der Waals surface area (Å²) >= 11 is 1.12. The topological polar surface area (TPSA) is 108 Å². The molecule has 1 amide bonds. The van der Waals surface area contributed by atoms with Gasteiger partial charge in [0.2, 0.25) is 10.0 Å². The highest BCUT2D eigenvalue weighted by Crippen LogP contribution is 2.35. The molecule has 4 rings (SSSR count). The number of carbonyl (C=O) groups excluding carboxylic acids is 1.